The topological polar surface area (TPSA) is 100 Å². The number of benzene rings is 1. The first kappa shape index (κ1) is 21.6. The Morgan fingerprint density at radius 1 is 1.27 bits per heavy atom. The van der Waals surface area contributed by atoms with Crippen LogP contribution in [0.1, 0.15) is 52.1 Å². The molecule has 1 unspecified atom stereocenters. The average Bonchev–Trinajstić information content (AvgIpc) is 3.18. The molecule has 9 heteroatoms. The van der Waals surface area contributed by atoms with Gasteiger partial charge in [-0.2, -0.15) is 4.68 Å². The van der Waals surface area contributed by atoms with Crippen molar-refractivity contribution in [2.24, 2.45) is 5.92 Å². The third-order valence-electron chi connectivity index (χ3n) is 4.83. The second-order valence-electron chi connectivity index (χ2n) is 7.59. The molecule has 1 aromatic carbocycles. The number of anilines is 1. The molecule has 3 rings (SSSR count). The Morgan fingerprint density at radius 3 is 2.77 bits per heavy atom. The van der Waals surface area contributed by atoms with E-state index in [2.05, 4.69) is 34.7 Å². The Morgan fingerprint density at radius 2 is 2.07 bits per heavy atom. The largest absolute Gasteiger partial charge is 0.493 e. The van der Waals surface area contributed by atoms with E-state index in [4.69, 9.17) is 14.2 Å². The average molecular weight is 415 g/mol. The summed E-state index contributed by atoms with van der Waals surface area (Å²) in [7, 11) is 1.59. The molecule has 162 valence electrons. The smallest absolute Gasteiger partial charge is 0.338 e. The lowest BCUT2D eigenvalue weighted by molar-refractivity contribution is -0.139. The third kappa shape index (κ3) is 4.55. The van der Waals surface area contributed by atoms with Crippen LogP contribution in [0.2, 0.25) is 0 Å². The minimum Gasteiger partial charge on any atom is -0.493 e. The van der Waals surface area contributed by atoms with Crippen LogP contribution in [0.15, 0.2) is 29.5 Å². The minimum absolute atomic E-state index is 0.344. The number of carbonyl (C=O) groups excluding carboxylic acids is 1. The molecule has 0 radical (unpaired) electrons. The molecule has 1 aromatic heterocycles. The third-order valence-corrected chi connectivity index (χ3v) is 4.83. The number of carbonyl (C=O) groups is 1. The van der Waals surface area contributed by atoms with E-state index in [1.54, 1.807) is 11.8 Å². The Balaban J connectivity index is 1.97. The van der Waals surface area contributed by atoms with Gasteiger partial charge in [0.1, 0.15) is 6.04 Å². The van der Waals surface area contributed by atoms with Gasteiger partial charge in [-0.25, -0.2) is 4.79 Å². The van der Waals surface area contributed by atoms with Crippen LogP contribution in [0.25, 0.3) is 0 Å². The van der Waals surface area contributed by atoms with Crippen LogP contribution in [0.5, 0.6) is 11.5 Å². The molecular formula is C21H29N5O4. The van der Waals surface area contributed by atoms with Crippen molar-refractivity contribution in [3.8, 4) is 11.5 Å². The summed E-state index contributed by atoms with van der Waals surface area (Å²) in [4.78, 5) is 12.9. The van der Waals surface area contributed by atoms with Gasteiger partial charge in [-0.05, 0) is 53.8 Å². The van der Waals surface area contributed by atoms with Crippen molar-refractivity contribution in [2.75, 3.05) is 25.6 Å². The zero-order chi connectivity index (χ0) is 21.7. The van der Waals surface area contributed by atoms with E-state index in [9.17, 15) is 4.79 Å². The number of allylic oxidation sites excluding steroid dienone is 1. The lowest BCUT2D eigenvalue weighted by Crippen LogP contribution is -2.29. The summed E-state index contributed by atoms with van der Waals surface area (Å²) >= 11 is 0. The van der Waals surface area contributed by atoms with Crippen LogP contribution in [0, 0.1) is 5.92 Å². The first-order chi connectivity index (χ1) is 14.5. The fourth-order valence-electron chi connectivity index (χ4n) is 3.24. The van der Waals surface area contributed by atoms with Gasteiger partial charge in [0, 0.05) is 5.70 Å². The molecule has 0 saturated heterocycles. The Labute approximate surface area is 176 Å². The number of hydrogen-bond donors (Lipinski definition) is 1. The molecule has 9 nitrogen and oxygen atoms in total. The first-order valence-electron chi connectivity index (χ1n) is 10.2. The van der Waals surface area contributed by atoms with Gasteiger partial charge in [0.15, 0.2) is 11.5 Å². The van der Waals surface area contributed by atoms with Crippen LogP contribution in [-0.4, -0.2) is 46.5 Å². The molecule has 1 N–H and O–H groups in total. The summed E-state index contributed by atoms with van der Waals surface area (Å²) < 4.78 is 18.5. The summed E-state index contributed by atoms with van der Waals surface area (Å²) in [6.45, 7) is 9.01. The number of tetrazole rings is 1. The molecule has 1 atom stereocenters. The second kappa shape index (κ2) is 9.60. The quantitative estimate of drug-likeness (QED) is 0.623. The van der Waals surface area contributed by atoms with Gasteiger partial charge in [0.25, 0.3) is 0 Å². The van der Waals surface area contributed by atoms with Gasteiger partial charge >= 0.3 is 5.97 Å². The number of nitrogens with one attached hydrogen (secondary N) is 1. The molecule has 30 heavy (non-hydrogen) atoms. The van der Waals surface area contributed by atoms with Crippen molar-refractivity contribution in [1.29, 1.82) is 0 Å². The van der Waals surface area contributed by atoms with Crippen LogP contribution >= 0.6 is 0 Å². The summed E-state index contributed by atoms with van der Waals surface area (Å²) in [5, 5.41) is 14.9. The van der Waals surface area contributed by atoms with E-state index in [1.807, 2.05) is 32.0 Å². The number of hydrogen-bond acceptors (Lipinski definition) is 8. The van der Waals surface area contributed by atoms with Crippen molar-refractivity contribution < 1.29 is 19.0 Å². The van der Waals surface area contributed by atoms with Crippen molar-refractivity contribution in [3.05, 3.63) is 35.0 Å². The highest BCUT2D eigenvalue weighted by Gasteiger charge is 2.35. The van der Waals surface area contributed by atoms with Crippen LogP contribution in [0.4, 0.5) is 5.95 Å². The molecule has 0 aliphatic carbocycles. The number of rotatable bonds is 9. The highest BCUT2D eigenvalue weighted by Crippen LogP contribution is 2.38. The predicted octanol–water partition coefficient (Wildman–Crippen LogP) is 3.35. The molecule has 1 aliphatic heterocycles. The van der Waals surface area contributed by atoms with E-state index in [0.29, 0.717) is 47.8 Å². The maximum atomic E-state index is 12.9. The summed E-state index contributed by atoms with van der Waals surface area (Å²) in [5.41, 5.74) is 1.90. The highest BCUT2D eigenvalue weighted by atomic mass is 16.5. The van der Waals surface area contributed by atoms with Gasteiger partial charge in [-0.15, -0.1) is 0 Å². The molecule has 0 spiro atoms. The lowest BCUT2D eigenvalue weighted by atomic mass is 9.95. The zero-order valence-electron chi connectivity index (χ0n) is 18.1. The van der Waals surface area contributed by atoms with Gasteiger partial charge in [0.2, 0.25) is 5.95 Å². The van der Waals surface area contributed by atoms with E-state index in [-0.39, 0.29) is 0 Å². The number of methoxy groups -OCH3 is 1. The molecule has 0 saturated carbocycles. The van der Waals surface area contributed by atoms with Crippen LogP contribution in [0.3, 0.4) is 0 Å². The first-order valence-corrected chi connectivity index (χ1v) is 10.2. The molecule has 2 heterocycles. The van der Waals surface area contributed by atoms with E-state index in [0.717, 1.165) is 18.4 Å². The van der Waals surface area contributed by atoms with Gasteiger partial charge in [-0.1, -0.05) is 31.9 Å². The molecular weight excluding hydrogens is 386 g/mol. The minimum atomic E-state index is -0.542. The van der Waals surface area contributed by atoms with Crippen LogP contribution in [-0.2, 0) is 9.53 Å². The van der Waals surface area contributed by atoms with E-state index in [1.165, 1.54) is 0 Å². The normalized spacial score (nSPS) is 15.6. The Hall–Kier alpha value is -3.10. The molecule has 1 aliphatic rings. The summed E-state index contributed by atoms with van der Waals surface area (Å²) in [6.07, 6.45) is 1.69. The lowest BCUT2D eigenvalue weighted by Gasteiger charge is -2.27. The Kier molecular flexibility index (Phi) is 6.91. The zero-order valence-corrected chi connectivity index (χ0v) is 18.1. The molecule has 0 amide bonds. The maximum Gasteiger partial charge on any atom is 0.338 e. The SMILES string of the molecule is CCCOC(=O)C1=C(C)Nc2nnnn2C1c1ccc(OCCC(C)C)c(OC)c1. The summed E-state index contributed by atoms with van der Waals surface area (Å²) in [5.74, 6) is 1.85. The van der Waals surface area contributed by atoms with Crippen LogP contribution < -0.4 is 14.8 Å². The number of nitrogens with zero attached hydrogens (tertiary/aromatic N) is 4. The van der Waals surface area contributed by atoms with Crippen molar-refractivity contribution >= 4 is 11.9 Å². The number of ether oxygens (including phenoxy) is 3. The van der Waals surface area contributed by atoms with Crippen molar-refractivity contribution in [3.63, 3.8) is 0 Å². The number of esters is 1. The fraction of sp³-hybridized carbons (Fsp3) is 0.524. The van der Waals surface area contributed by atoms with E-state index < -0.39 is 12.0 Å². The monoisotopic (exact) mass is 415 g/mol. The second-order valence-corrected chi connectivity index (χ2v) is 7.59. The van der Waals surface area contributed by atoms with Crippen molar-refractivity contribution in [1.82, 2.24) is 20.2 Å². The fourth-order valence-corrected chi connectivity index (χ4v) is 3.24. The predicted molar refractivity (Wildman–Crippen MR) is 111 cm³/mol. The van der Waals surface area contributed by atoms with Gasteiger partial charge in [-0.3, -0.25) is 0 Å². The van der Waals surface area contributed by atoms with Gasteiger partial charge < -0.3 is 19.5 Å². The molecule has 0 bridgehead atoms. The number of aromatic nitrogens is 4. The number of fused-ring (bicyclic) bond motifs is 1. The van der Waals surface area contributed by atoms with E-state index >= 15 is 0 Å². The molecule has 0 fully saturated rings. The van der Waals surface area contributed by atoms with Gasteiger partial charge in [0.05, 0.1) is 25.9 Å². The highest BCUT2D eigenvalue weighted by molar-refractivity contribution is 5.92. The molecule has 2 aromatic rings. The standard InChI is InChI=1S/C21H29N5O4/c1-6-10-30-20(27)18-14(4)22-21-23-24-25-26(21)19(18)15-7-8-16(17(12-15)28-5)29-11-9-13(2)3/h7-8,12-13,19H,6,9-11H2,1-5H3,(H,22,23,25). The summed E-state index contributed by atoms with van der Waals surface area (Å²) in [6, 6.07) is 5.06. The Bertz CT molecular complexity index is 922. The maximum absolute atomic E-state index is 12.9. The van der Waals surface area contributed by atoms with Crippen molar-refractivity contribution in [2.45, 2.75) is 46.6 Å².